The molecule has 0 saturated carbocycles. The lowest BCUT2D eigenvalue weighted by Gasteiger charge is -2.20. The smallest absolute Gasteiger partial charge is 0.254 e. The molecule has 0 bridgehead atoms. The summed E-state index contributed by atoms with van der Waals surface area (Å²) in [5.41, 5.74) is 1.02. The predicted molar refractivity (Wildman–Crippen MR) is 80.2 cm³/mol. The molecule has 1 aliphatic heterocycles. The SMILES string of the molecule is CC1CCCN(C(=O)c2cc(O)cc(-c3nn[nH]n3)c2)CC1. The third kappa shape index (κ3) is 3.08. The highest BCUT2D eigenvalue weighted by atomic mass is 16.3. The number of aromatic hydroxyl groups is 1. The summed E-state index contributed by atoms with van der Waals surface area (Å²) >= 11 is 0. The summed E-state index contributed by atoms with van der Waals surface area (Å²) in [6, 6.07) is 4.70. The molecule has 1 unspecified atom stereocenters. The first-order valence-electron chi connectivity index (χ1n) is 7.50. The van der Waals surface area contributed by atoms with Crippen LogP contribution in [0.3, 0.4) is 0 Å². The highest BCUT2D eigenvalue weighted by Crippen LogP contribution is 2.24. The van der Waals surface area contributed by atoms with Crippen LogP contribution in [-0.4, -0.2) is 49.6 Å². The molecule has 3 rings (SSSR count). The van der Waals surface area contributed by atoms with Crippen molar-refractivity contribution in [1.29, 1.82) is 0 Å². The number of nitrogens with one attached hydrogen (secondary N) is 1. The van der Waals surface area contributed by atoms with Gasteiger partial charge in [0.15, 0.2) is 0 Å². The molecule has 1 atom stereocenters. The van der Waals surface area contributed by atoms with Gasteiger partial charge in [0, 0.05) is 24.2 Å². The second kappa shape index (κ2) is 6.13. The number of aromatic nitrogens is 4. The summed E-state index contributed by atoms with van der Waals surface area (Å²) in [6.45, 7) is 3.74. The highest BCUT2D eigenvalue weighted by molar-refractivity contribution is 5.95. The summed E-state index contributed by atoms with van der Waals surface area (Å²) in [5, 5.41) is 23.5. The Morgan fingerprint density at radius 2 is 2.18 bits per heavy atom. The Hall–Kier alpha value is -2.44. The Labute approximate surface area is 128 Å². The van der Waals surface area contributed by atoms with E-state index >= 15 is 0 Å². The van der Waals surface area contributed by atoms with Gasteiger partial charge in [-0.2, -0.15) is 5.21 Å². The van der Waals surface area contributed by atoms with Gasteiger partial charge in [0.2, 0.25) is 5.82 Å². The summed E-state index contributed by atoms with van der Waals surface area (Å²) < 4.78 is 0. The molecular weight excluding hydrogens is 282 g/mol. The number of rotatable bonds is 2. The number of hydrogen-bond acceptors (Lipinski definition) is 5. The molecule has 1 fully saturated rings. The Bertz CT molecular complexity index is 656. The number of tetrazole rings is 1. The van der Waals surface area contributed by atoms with E-state index in [0.717, 1.165) is 32.4 Å². The summed E-state index contributed by atoms with van der Waals surface area (Å²) in [4.78, 5) is 14.5. The van der Waals surface area contributed by atoms with Crippen molar-refractivity contribution in [3.63, 3.8) is 0 Å². The molecule has 1 aromatic heterocycles. The van der Waals surface area contributed by atoms with Crippen LogP contribution in [0.2, 0.25) is 0 Å². The fourth-order valence-electron chi connectivity index (χ4n) is 2.80. The van der Waals surface area contributed by atoms with E-state index < -0.39 is 0 Å². The molecule has 7 heteroatoms. The molecule has 22 heavy (non-hydrogen) atoms. The minimum absolute atomic E-state index is 0.0221. The molecule has 1 aliphatic rings. The quantitative estimate of drug-likeness (QED) is 0.882. The molecule has 0 radical (unpaired) electrons. The number of benzene rings is 1. The lowest BCUT2D eigenvalue weighted by molar-refractivity contribution is 0.0760. The van der Waals surface area contributed by atoms with Crippen LogP contribution in [0.4, 0.5) is 0 Å². The fourth-order valence-corrected chi connectivity index (χ4v) is 2.80. The molecule has 1 amide bonds. The van der Waals surface area contributed by atoms with Crippen molar-refractivity contribution in [3.8, 4) is 17.1 Å². The number of likely N-dealkylation sites (tertiary alicyclic amines) is 1. The van der Waals surface area contributed by atoms with Gasteiger partial charge in [0.1, 0.15) is 5.75 Å². The minimum atomic E-state index is -0.0604. The van der Waals surface area contributed by atoms with E-state index in [-0.39, 0.29) is 11.7 Å². The maximum absolute atomic E-state index is 12.7. The third-order valence-electron chi connectivity index (χ3n) is 4.07. The normalized spacial score (nSPS) is 19.0. The van der Waals surface area contributed by atoms with Gasteiger partial charge in [-0.3, -0.25) is 4.79 Å². The van der Waals surface area contributed by atoms with Crippen LogP contribution in [0.25, 0.3) is 11.4 Å². The van der Waals surface area contributed by atoms with Gasteiger partial charge in [-0.05, 0) is 48.6 Å². The van der Waals surface area contributed by atoms with Gasteiger partial charge in [-0.25, -0.2) is 0 Å². The van der Waals surface area contributed by atoms with E-state index in [0.29, 0.717) is 22.9 Å². The molecule has 0 aliphatic carbocycles. The standard InChI is InChI=1S/C15H19N5O2/c1-10-3-2-5-20(6-4-10)15(22)12-7-11(8-13(21)9-12)14-16-18-19-17-14/h7-10,21H,2-6H2,1H3,(H,16,17,18,19). The average Bonchev–Trinajstić information content (AvgIpc) is 2.95. The first kappa shape index (κ1) is 14.5. The molecule has 0 spiro atoms. The summed E-state index contributed by atoms with van der Waals surface area (Å²) in [6.07, 6.45) is 3.18. The van der Waals surface area contributed by atoms with Gasteiger partial charge in [-0.15, -0.1) is 10.2 Å². The van der Waals surface area contributed by atoms with E-state index in [1.54, 1.807) is 6.07 Å². The van der Waals surface area contributed by atoms with E-state index in [9.17, 15) is 9.90 Å². The van der Waals surface area contributed by atoms with Crippen molar-refractivity contribution in [1.82, 2.24) is 25.5 Å². The van der Waals surface area contributed by atoms with Gasteiger partial charge < -0.3 is 10.0 Å². The molecule has 1 saturated heterocycles. The molecular formula is C15H19N5O2. The number of phenolic OH excluding ortho intramolecular Hbond substituents is 1. The predicted octanol–water partition coefficient (Wildman–Crippen LogP) is 1.83. The second-order valence-electron chi connectivity index (χ2n) is 5.83. The van der Waals surface area contributed by atoms with Crippen molar-refractivity contribution >= 4 is 5.91 Å². The molecule has 2 heterocycles. The molecule has 2 aromatic rings. The zero-order valence-electron chi connectivity index (χ0n) is 12.5. The van der Waals surface area contributed by atoms with Crippen molar-refractivity contribution in [2.24, 2.45) is 5.92 Å². The number of H-pyrrole nitrogens is 1. The van der Waals surface area contributed by atoms with Gasteiger partial charge >= 0.3 is 0 Å². The second-order valence-corrected chi connectivity index (χ2v) is 5.83. The first-order valence-corrected chi connectivity index (χ1v) is 7.50. The van der Waals surface area contributed by atoms with Gasteiger partial charge in [-0.1, -0.05) is 6.92 Å². The maximum atomic E-state index is 12.7. The number of carbonyl (C=O) groups excluding carboxylic acids is 1. The van der Waals surface area contributed by atoms with Crippen molar-refractivity contribution < 1.29 is 9.90 Å². The Morgan fingerprint density at radius 1 is 1.32 bits per heavy atom. The number of hydrogen-bond donors (Lipinski definition) is 2. The van der Waals surface area contributed by atoms with E-state index in [2.05, 4.69) is 27.5 Å². The van der Waals surface area contributed by atoms with Crippen molar-refractivity contribution in [2.45, 2.75) is 26.2 Å². The average molecular weight is 301 g/mol. The van der Waals surface area contributed by atoms with E-state index in [4.69, 9.17) is 0 Å². The van der Waals surface area contributed by atoms with E-state index in [1.165, 1.54) is 12.1 Å². The maximum Gasteiger partial charge on any atom is 0.254 e. The number of phenols is 1. The molecule has 1 aromatic carbocycles. The molecule has 7 nitrogen and oxygen atoms in total. The zero-order valence-corrected chi connectivity index (χ0v) is 12.5. The number of carbonyl (C=O) groups is 1. The topological polar surface area (TPSA) is 95.0 Å². The Balaban J connectivity index is 1.86. The minimum Gasteiger partial charge on any atom is -0.508 e. The van der Waals surface area contributed by atoms with Gasteiger partial charge in [0.25, 0.3) is 5.91 Å². The lowest BCUT2D eigenvalue weighted by atomic mass is 10.0. The number of aromatic amines is 1. The summed E-state index contributed by atoms with van der Waals surface area (Å²) in [7, 11) is 0. The van der Waals surface area contributed by atoms with E-state index in [1.807, 2.05) is 4.90 Å². The lowest BCUT2D eigenvalue weighted by Crippen LogP contribution is -2.32. The first-order chi connectivity index (χ1) is 10.6. The van der Waals surface area contributed by atoms with Crippen LogP contribution < -0.4 is 0 Å². The van der Waals surface area contributed by atoms with Crippen LogP contribution in [0, 0.1) is 5.92 Å². The summed E-state index contributed by atoms with van der Waals surface area (Å²) in [5.74, 6) is 0.967. The van der Waals surface area contributed by atoms with Crippen molar-refractivity contribution in [3.05, 3.63) is 23.8 Å². The fraction of sp³-hybridized carbons (Fsp3) is 0.467. The van der Waals surface area contributed by atoms with Crippen LogP contribution >= 0.6 is 0 Å². The van der Waals surface area contributed by atoms with Crippen molar-refractivity contribution in [2.75, 3.05) is 13.1 Å². The Kier molecular flexibility index (Phi) is 4.04. The highest BCUT2D eigenvalue weighted by Gasteiger charge is 2.21. The largest absolute Gasteiger partial charge is 0.508 e. The van der Waals surface area contributed by atoms with Crippen LogP contribution in [0.1, 0.15) is 36.5 Å². The van der Waals surface area contributed by atoms with Crippen LogP contribution in [0.15, 0.2) is 18.2 Å². The Morgan fingerprint density at radius 3 is 2.95 bits per heavy atom. The number of nitrogens with zero attached hydrogens (tertiary/aromatic N) is 4. The number of amides is 1. The van der Waals surface area contributed by atoms with Crippen LogP contribution in [-0.2, 0) is 0 Å². The van der Waals surface area contributed by atoms with Crippen LogP contribution in [0.5, 0.6) is 5.75 Å². The monoisotopic (exact) mass is 301 g/mol. The molecule has 2 N–H and O–H groups in total. The van der Waals surface area contributed by atoms with Gasteiger partial charge in [0.05, 0.1) is 0 Å². The third-order valence-corrected chi connectivity index (χ3v) is 4.07. The molecule has 116 valence electrons. The zero-order chi connectivity index (χ0) is 15.5.